The Morgan fingerprint density at radius 2 is 2.28 bits per heavy atom. The molecule has 0 aliphatic carbocycles. The van der Waals surface area contributed by atoms with Gasteiger partial charge in [0.1, 0.15) is 0 Å². The van der Waals surface area contributed by atoms with Gasteiger partial charge in [0.15, 0.2) is 0 Å². The predicted molar refractivity (Wildman–Crippen MR) is 79.9 cm³/mol. The van der Waals surface area contributed by atoms with Gasteiger partial charge in [-0.1, -0.05) is 13.8 Å². The van der Waals surface area contributed by atoms with Crippen LogP contribution in [0, 0.1) is 5.92 Å². The van der Waals surface area contributed by atoms with Gasteiger partial charge in [0, 0.05) is 17.6 Å². The second kappa shape index (κ2) is 6.50. The second-order valence-corrected chi connectivity index (χ2v) is 7.29. The van der Waals surface area contributed by atoms with Crippen LogP contribution in [0.5, 0.6) is 0 Å². The van der Waals surface area contributed by atoms with Crippen LogP contribution < -0.4 is 5.32 Å². The van der Waals surface area contributed by atoms with Crippen molar-refractivity contribution in [2.45, 2.75) is 26.9 Å². The van der Waals surface area contributed by atoms with E-state index in [-0.39, 0.29) is 0 Å². The summed E-state index contributed by atoms with van der Waals surface area (Å²) in [4.78, 5) is 5.58. The largest absolute Gasteiger partial charge is 0.328 e. The topological polar surface area (TPSA) is 29.9 Å². The molecule has 0 spiro atoms. The van der Waals surface area contributed by atoms with Crippen LogP contribution in [0.1, 0.15) is 24.4 Å². The van der Waals surface area contributed by atoms with Gasteiger partial charge in [0.25, 0.3) is 0 Å². The Labute approximate surface area is 120 Å². The fourth-order valence-corrected chi connectivity index (χ4v) is 3.21. The monoisotopic (exact) mass is 327 g/mol. The molecule has 18 heavy (non-hydrogen) atoms. The summed E-state index contributed by atoms with van der Waals surface area (Å²) < 4.78 is 3.38. The third-order valence-corrected chi connectivity index (χ3v) is 4.22. The molecule has 2 aromatic rings. The third-order valence-electron chi connectivity index (χ3n) is 2.61. The molecule has 2 heterocycles. The van der Waals surface area contributed by atoms with Crippen LogP contribution in [0.25, 0.3) is 0 Å². The molecule has 0 aliphatic heterocycles. The van der Waals surface area contributed by atoms with Gasteiger partial charge in [-0.3, -0.25) is 0 Å². The van der Waals surface area contributed by atoms with E-state index in [2.05, 4.69) is 56.8 Å². The number of nitrogens with one attached hydrogen (secondary N) is 1. The molecule has 2 rings (SSSR count). The molecular weight excluding hydrogens is 310 g/mol. The van der Waals surface area contributed by atoms with Crippen molar-refractivity contribution in [1.82, 2.24) is 14.9 Å². The van der Waals surface area contributed by atoms with Crippen molar-refractivity contribution < 1.29 is 0 Å². The van der Waals surface area contributed by atoms with E-state index >= 15 is 0 Å². The van der Waals surface area contributed by atoms with E-state index in [1.54, 1.807) is 11.3 Å². The lowest BCUT2D eigenvalue weighted by Crippen LogP contribution is -2.20. The van der Waals surface area contributed by atoms with E-state index in [1.165, 1.54) is 14.4 Å². The zero-order valence-electron chi connectivity index (χ0n) is 10.7. The van der Waals surface area contributed by atoms with E-state index in [9.17, 15) is 0 Å². The quantitative estimate of drug-likeness (QED) is 0.879. The van der Waals surface area contributed by atoms with Crippen LogP contribution in [0.15, 0.2) is 28.4 Å². The molecule has 0 unspecified atom stereocenters. The number of rotatable bonds is 6. The molecule has 0 saturated heterocycles. The highest BCUT2D eigenvalue weighted by atomic mass is 79.9. The van der Waals surface area contributed by atoms with Crippen LogP contribution in [0.4, 0.5) is 0 Å². The highest BCUT2D eigenvalue weighted by Crippen LogP contribution is 2.23. The smallest absolute Gasteiger partial charge is 0.0952 e. The molecule has 0 saturated carbocycles. The first-order valence-electron chi connectivity index (χ1n) is 6.09. The average Bonchev–Trinajstić information content (AvgIpc) is 2.89. The maximum Gasteiger partial charge on any atom is 0.0952 e. The van der Waals surface area contributed by atoms with E-state index < -0.39 is 0 Å². The molecular formula is C13H18BrN3S. The molecule has 0 radical (unpaired) electrons. The number of imidazole rings is 1. The normalized spacial score (nSPS) is 11.3. The lowest BCUT2D eigenvalue weighted by Gasteiger charge is -2.09. The molecule has 0 aliphatic rings. The van der Waals surface area contributed by atoms with Gasteiger partial charge in [-0.25, -0.2) is 4.98 Å². The maximum atomic E-state index is 4.24. The minimum Gasteiger partial charge on any atom is -0.328 e. The minimum atomic E-state index is 0.676. The standard InChI is InChI=1S/C13H18BrN3S/c1-10(2)5-15-6-11-7-16-9-17(11)8-12-3-4-13(14)18-12/h3-4,7,9-10,15H,5-6,8H2,1-2H3. The molecule has 3 nitrogen and oxygen atoms in total. The van der Waals surface area contributed by atoms with Crippen molar-refractivity contribution in [2.75, 3.05) is 6.54 Å². The summed E-state index contributed by atoms with van der Waals surface area (Å²) in [5.74, 6) is 0.676. The van der Waals surface area contributed by atoms with Crippen LogP contribution in [0.3, 0.4) is 0 Å². The molecule has 0 fully saturated rings. The first-order valence-corrected chi connectivity index (χ1v) is 7.70. The fourth-order valence-electron chi connectivity index (χ4n) is 1.73. The van der Waals surface area contributed by atoms with Crippen molar-refractivity contribution in [2.24, 2.45) is 5.92 Å². The Hall–Kier alpha value is -0.650. The van der Waals surface area contributed by atoms with Crippen molar-refractivity contribution in [3.63, 3.8) is 0 Å². The summed E-state index contributed by atoms with van der Waals surface area (Å²) in [5, 5.41) is 3.45. The van der Waals surface area contributed by atoms with Gasteiger partial charge in [-0.2, -0.15) is 0 Å². The molecule has 0 aromatic carbocycles. The number of hydrogen-bond acceptors (Lipinski definition) is 3. The Balaban J connectivity index is 1.95. The van der Waals surface area contributed by atoms with E-state index in [1.807, 2.05) is 12.5 Å². The lowest BCUT2D eigenvalue weighted by atomic mass is 10.2. The maximum absolute atomic E-state index is 4.24. The van der Waals surface area contributed by atoms with E-state index in [0.717, 1.165) is 19.6 Å². The first kappa shape index (κ1) is 13.8. The van der Waals surface area contributed by atoms with Crippen LogP contribution >= 0.6 is 27.3 Å². The van der Waals surface area contributed by atoms with Gasteiger partial charge >= 0.3 is 0 Å². The first-order chi connectivity index (χ1) is 8.65. The van der Waals surface area contributed by atoms with Gasteiger partial charge in [-0.15, -0.1) is 11.3 Å². The molecule has 0 bridgehead atoms. The van der Waals surface area contributed by atoms with Crippen molar-refractivity contribution in [3.8, 4) is 0 Å². The number of hydrogen-bond donors (Lipinski definition) is 1. The van der Waals surface area contributed by atoms with Crippen LogP contribution in [0.2, 0.25) is 0 Å². The lowest BCUT2D eigenvalue weighted by molar-refractivity contribution is 0.539. The average molecular weight is 328 g/mol. The summed E-state index contributed by atoms with van der Waals surface area (Å²) in [6, 6.07) is 4.24. The molecule has 0 atom stereocenters. The van der Waals surface area contributed by atoms with Gasteiger partial charge in [-0.05, 0) is 40.5 Å². The summed E-state index contributed by atoms with van der Waals surface area (Å²) >= 11 is 5.26. The fraction of sp³-hybridized carbons (Fsp3) is 0.462. The Kier molecular flexibility index (Phi) is 4.97. The number of aromatic nitrogens is 2. The van der Waals surface area contributed by atoms with Gasteiger partial charge in [0.05, 0.1) is 22.4 Å². The Morgan fingerprint density at radius 3 is 2.94 bits per heavy atom. The molecule has 5 heteroatoms. The van der Waals surface area contributed by atoms with Crippen LogP contribution in [-0.4, -0.2) is 16.1 Å². The zero-order chi connectivity index (χ0) is 13.0. The van der Waals surface area contributed by atoms with Crippen molar-refractivity contribution in [3.05, 3.63) is 39.0 Å². The van der Waals surface area contributed by atoms with Gasteiger partial charge < -0.3 is 9.88 Å². The highest BCUT2D eigenvalue weighted by molar-refractivity contribution is 9.11. The summed E-state index contributed by atoms with van der Waals surface area (Å²) in [6.45, 7) is 7.25. The summed E-state index contributed by atoms with van der Waals surface area (Å²) in [7, 11) is 0. The third kappa shape index (κ3) is 3.93. The summed E-state index contributed by atoms with van der Waals surface area (Å²) in [5.41, 5.74) is 1.24. The summed E-state index contributed by atoms with van der Waals surface area (Å²) in [6.07, 6.45) is 3.84. The van der Waals surface area contributed by atoms with E-state index in [4.69, 9.17) is 0 Å². The second-order valence-electron chi connectivity index (χ2n) is 4.74. The van der Waals surface area contributed by atoms with Gasteiger partial charge in [0.2, 0.25) is 0 Å². The minimum absolute atomic E-state index is 0.676. The number of nitrogens with zero attached hydrogens (tertiary/aromatic N) is 2. The van der Waals surface area contributed by atoms with Crippen LogP contribution in [-0.2, 0) is 13.1 Å². The number of thiophene rings is 1. The predicted octanol–water partition coefficient (Wildman–Crippen LogP) is 3.50. The van der Waals surface area contributed by atoms with Crippen molar-refractivity contribution in [1.29, 1.82) is 0 Å². The molecule has 1 N–H and O–H groups in total. The molecule has 98 valence electrons. The number of halogens is 1. The van der Waals surface area contributed by atoms with E-state index in [0.29, 0.717) is 5.92 Å². The zero-order valence-corrected chi connectivity index (χ0v) is 13.1. The highest BCUT2D eigenvalue weighted by Gasteiger charge is 2.05. The molecule has 2 aromatic heterocycles. The SMILES string of the molecule is CC(C)CNCc1cncn1Cc1ccc(Br)s1. The van der Waals surface area contributed by atoms with Crippen molar-refractivity contribution >= 4 is 27.3 Å². The molecule has 0 amide bonds. The Morgan fingerprint density at radius 1 is 1.44 bits per heavy atom. The Bertz CT molecular complexity index is 490.